The summed E-state index contributed by atoms with van der Waals surface area (Å²) < 4.78 is 7.36. The maximum atomic E-state index is 3.96. The second-order valence-corrected chi connectivity index (χ2v) is 13.8. The van der Waals surface area contributed by atoms with Crippen LogP contribution in [0.25, 0.3) is 110 Å². The summed E-state index contributed by atoms with van der Waals surface area (Å²) in [6.45, 7) is 3.96. The SMILES string of the molecule is C=Cc1ccc(-n2c3ccccc3c3c4cc5c6cc(-n7c8ccccc8c8ccccc87)cc7c8ccccc8n(c5cc4ccc32)c76)cc1. The van der Waals surface area contributed by atoms with Gasteiger partial charge in [0.05, 0.1) is 38.6 Å². The first-order valence-electron chi connectivity index (χ1n) is 17.6. The van der Waals surface area contributed by atoms with E-state index >= 15 is 0 Å². The van der Waals surface area contributed by atoms with Crippen molar-refractivity contribution >= 4 is 98.6 Å². The van der Waals surface area contributed by atoms with E-state index in [0.717, 1.165) is 11.3 Å². The van der Waals surface area contributed by atoms with E-state index < -0.39 is 0 Å². The van der Waals surface area contributed by atoms with Gasteiger partial charge in [0.15, 0.2) is 0 Å². The van der Waals surface area contributed by atoms with Crippen LogP contribution < -0.4 is 0 Å². The van der Waals surface area contributed by atoms with Crippen LogP contribution in [0.1, 0.15) is 5.56 Å². The van der Waals surface area contributed by atoms with Crippen LogP contribution in [0.2, 0.25) is 0 Å². The first kappa shape index (κ1) is 27.0. The first-order valence-corrected chi connectivity index (χ1v) is 17.6. The van der Waals surface area contributed by atoms with Crippen molar-refractivity contribution in [1.29, 1.82) is 0 Å². The van der Waals surface area contributed by atoms with Crippen molar-refractivity contribution in [3.8, 4) is 11.4 Å². The largest absolute Gasteiger partial charge is 0.309 e. The maximum Gasteiger partial charge on any atom is 0.0622 e. The van der Waals surface area contributed by atoms with Gasteiger partial charge in [-0.1, -0.05) is 104 Å². The van der Waals surface area contributed by atoms with Crippen molar-refractivity contribution in [3.63, 3.8) is 0 Å². The minimum absolute atomic E-state index is 1.12. The van der Waals surface area contributed by atoms with Crippen molar-refractivity contribution in [1.82, 2.24) is 13.5 Å². The molecule has 3 nitrogen and oxygen atoms in total. The zero-order valence-electron chi connectivity index (χ0n) is 27.6. The van der Waals surface area contributed by atoms with E-state index in [1.807, 2.05) is 6.08 Å². The molecule has 0 fully saturated rings. The third kappa shape index (κ3) is 3.42. The van der Waals surface area contributed by atoms with Crippen LogP contribution in [0.15, 0.2) is 164 Å². The Morgan fingerprint density at radius 3 is 1.59 bits per heavy atom. The average molecular weight is 648 g/mol. The van der Waals surface area contributed by atoms with E-state index in [2.05, 4.69) is 178 Å². The Morgan fingerprint density at radius 1 is 0.373 bits per heavy atom. The molecule has 0 amide bonds. The van der Waals surface area contributed by atoms with E-state index in [1.165, 1.54) is 98.2 Å². The van der Waals surface area contributed by atoms with E-state index in [4.69, 9.17) is 0 Å². The second kappa shape index (κ2) is 9.65. The molecule has 8 aromatic carbocycles. The van der Waals surface area contributed by atoms with Crippen LogP contribution in [0.4, 0.5) is 0 Å². The number of nitrogens with zero attached hydrogens (tertiary/aromatic N) is 3. The van der Waals surface area contributed by atoms with E-state index in [1.54, 1.807) is 0 Å². The van der Waals surface area contributed by atoms with Crippen molar-refractivity contribution in [2.45, 2.75) is 0 Å². The Hall–Kier alpha value is -6.84. The summed E-state index contributed by atoms with van der Waals surface area (Å²) in [5.74, 6) is 0. The fourth-order valence-electron chi connectivity index (χ4n) is 9.13. The average Bonchev–Trinajstić information content (AvgIpc) is 3.91. The molecule has 12 rings (SSSR count). The van der Waals surface area contributed by atoms with E-state index in [-0.39, 0.29) is 0 Å². The van der Waals surface area contributed by atoms with Gasteiger partial charge in [0.2, 0.25) is 0 Å². The van der Waals surface area contributed by atoms with Gasteiger partial charge in [0.25, 0.3) is 0 Å². The molecule has 0 saturated carbocycles. The van der Waals surface area contributed by atoms with Crippen molar-refractivity contribution in [3.05, 3.63) is 170 Å². The first-order chi connectivity index (χ1) is 25.3. The minimum atomic E-state index is 1.12. The lowest BCUT2D eigenvalue weighted by molar-refractivity contribution is 1.18. The molecule has 0 unspecified atom stereocenters. The molecule has 0 saturated heterocycles. The summed E-state index contributed by atoms with van der Waals surface area (Å²) >= 11 is 0. The molecular formula is C48H29N3. The van der Waals surface area contributed by atoms with Gasteiger partial charge in [-0.3, -0.25) is 0 Å². The lowest BCUT2D eigenvalue weighted by Gasteiger charge is -2.10. The van der Waals surface area contributed by atoms with E-state index in [0.29, 0.717) is 0 Å². The van der Waals surface area contributed by atoms with Crippen LogP contribution in [-0.2, 0) is 0 Å². The molecule has 4 heterocycles. The summed E-state index contributed by atoms with van der Waals surface area (Å²) in [5, 5.41) is 12.7. The van der Waals surface area contributed by atoms with Gasteiger partial charge in [-0.25, -0.2) is 0 Å². The molecule has 0 aliphatic heterocycles. The van der Waals surface area contributed by atoms with Crippen LogP contribution in [0, 0.1) is 0 Å². The quantitative estimate of drug-likeness (QED) is 0.181. The van der Waals surface area contributed by atoms with Gasteiger partial charge in [-0.05, 0) is 83.1 Å². The van der Waals surface area contributed by atoms with Gasteiger partial charge in [-0.15, -0.1) is 0 Å². The van der Waals surface area contributed by atoms with Crippen LogP contribution >= 0.6 is 0 Å². The molecule has 3 heteroatoms. The number of fused-ring (bicyclic) bond motifs is 14. The monoisotopic (exact) mass is 647 g/mol. The predicted molar refractivity (Wildman–Crippen MR) is 217 cm³/mol. The molecule has 0 aliphatic carbocycles. The highest BCUT2D eigenvalue weighted by Gasteiger charge is 2.22. The molecule has 236 valence electrons. The van der Waals surface area contributed by atoms with Gasteiger partial charge in [0.1, 0.15) is 0 Å². The minimum Gasteiger partial charge on any atom is -0.309 e. The highest BCUT2D eigenvalue weighted by Crippen LogP contribution is 2.45. The second-order valence-electron chi connectivity index (χ2n) is 13.8. The normalized spacial score (nSPS) is 12.4. The molecule has 0 N–H and O–H groups in total. The van der Waals surface area contributed by atoms with Gasteiger partial charge < -0.3 is 13.5 Å². The molecule has 0 spiro atoms. The summed E-state index contributed by atoms with van der Waals surface area (Å²) in [6.07, 6.45) is 1.90. The lowest BCUT2D eigenvalue weighted by atomic mass is 10.00. The van der Waals surface area contributed by atoms with Crippen molar-refractivity contribution in [2.75, 3.05) is 0 Å². The van der Waals surface area contributed by atoms with Gasteiger partial charge >= 0.3 is 0 Å². The number of para-hydroxylation sites is 4. The Bertz CT molecular complexity index is 3370. The molecule has 0 radical (unpaired) electrons. The molecular weight excluding hydrogens is 619 g/mol. The molecule has 4 aromatic heterocycles. The zero-order chi connectivity index (χ0) is 33.4. The zero-order valence-corrected chi connectivity index (χ0v) is 27.6. The highest BCUT2D eigenvalue weighted by atomic mass is 15.0. The van der Waals surface area contributed by atoms with Gasteiger partial charge in [-0.2, -0.15) is 0 Å². The standard InChI is InChI=1S/C48H29N3/c1-2-29-19-22-31(23-20-29)49-44-18-10-6-14-36(44)47-37-28-38-40-27-32(50-41-15-7-3-11-33(41)34-12-4-8-16-42(34)50)26-39-35-13-5-9-17-43(35)51(48(39)40)46(38)25-30(37)21-24-45(47)49/h2-28H,1H2. The van der Waals surface area contributed by atoms with Crippen LogP contribution in [0.5, 0.6) is 0 Å². The molecule has 0 bridgehead atoms. The smallest absolute Gasteiger partial charge is 0.0622 e. The molecule has 12 aromatic rings. The summed E-state index contributed by atoms with van der Waals surface area (Å²) in [4.78, 5) is 0. The predicted octanol–water partition coefficient (Wildman–Crippen LogP) is 12.8. The Labute approximate surface area is 292 Å². The lowest BCUT2D eigenvalue weighted by Crippen LogP contribution is -1.93. The van der Waals surface area contributed by atoms with Gasteiger partial charge in [0, 0.05) is 54.5 Å². The number of rotatable bonds is 3. The highest BCUT2D eigenvalue weighted by molar-refractivity contribution is 6.29. The maximum absolute atomic E-state index is 3.96. The number of benzene rings is 8. The fourth-order valence-corrected chi connectivity index (χ4v) is 9.13. The fraction of sp³-hybridized carbons (Fsp3) is 0. The number of hydrogen-bond acceptors (Lipinski definition) is 0. The topological polar surface area (TPSA) is 14.3 Å². The summed E-state index contributed by atoms with van der Waals surface area (Å²) in [7, 11) is 0. The van der Waals surface area contributed by atoms with E-state index in [9.17, 15) is 0 Å². The Morgan fingerprint density at radius 2 is 0.922 bits per heavy atom. The molecule has 0 atom stereocenters. The van der Waals surface area contributed by atoms with Crippen LogP contribution in [-0.4, -0.2) is 13.5 Å². The van der Waals surface area contributed by atoms with Crippen LogP contribution in [0.3, 0.4) is 0 Å². The Balaban J connectivity index is 1.24. The summed E-state index contributed by atoms with van der Waals surface area (Å²) in [6, 6.07) is 58.3. The third-order valence-electron chi connectivity index (χ3n) is 11.3. The molecule has 51 heavy (non-hydrogen) atoms. The third-order valence-corrected chi connectivity index (χ3v) is 11.3. The number of aromatic nitrogens is 3. The Kier molecular flexibility index (Phi) is 5.12. The summed E-state index contributed by atoms with van der Waals surface area (Å²) in [5.41, 5.74) is 12.1. The van der Waals surface area contributed by atoms with Crippen molar-refractivity contribution in [2.24, 2.45) is 0 Å². The van der Waals surface area contributed by atoms with Crippen molar-refractivity contribution < 1.29 is 0 Å². The molecule has 0 aliphatic rings. The number of hydrogen-bond donors (Lipinski definition) is 0.